The molecule has 0 radical (unpaired) electrons. The zero-order valence-corrected chi connectivity index (χ0v) is 17.9. The fraction of sp³-hybridized carbons (Fsp3) is 0.440. The molecule has 29 heavy (non-hydrogen) atoms. The van der Waals surface area contributed by atoms with E-state index in [1.807, 2.05) is 19.1 Å². The van der Waals surface area contributed by atoms with Gasteiger partial charge >= 0.3 is 0 Å². The van der Waals surface area contributed by atoms with Gasteiger partial charge in [0.05, 0.1) is 5.57 Å². The Labute approximate surface area is 177 Å². The molecular weight excluding hydrogens is 382 g/mol. The molecule has 1 aromatic heterocycles. The lowest BCUT2D eigenvalue weighted by Gasteiger charge is -2.29. The van der Waals surface area contributed by atoms with Crippen LogP contribution in [0.4, 0.5) is 0 Å². The van der Waals surface area contributed by atoms with Crippen molar-refractivity contribution in [3.05, 3.63) is 58.6 Å². The summed E-state index contributed by atoms with van der Waals surface area (Å²) in [5.41, 5.74) is 4.42. The summed E-state index contributed by atoms with van der Waals surface area (Å²) in [5.74, 6) is 1.21. The summed E-state index contributed by atoms with van der Waals surface area (Å²) in [7, 11) is 0. The van der Waals surface area contributed by atoms with Gasteiger partial charge in [0.2, 0.25) is 0 Å². The van der Waals surface area contributed by atoms with Crippen molar-refractivity contribution in [3.8, 4) is 11.1 Å². The van der Waals surface area contributed by atoms with Crippen LogP contribution in [0.25, 0.3) is 16.7 Å². The Balaban J connectivity index is 1.85. The number of aliphatic hydroxyl groups excluding tert-OH is 1. The molecule has 5 rings (SSSR count). The summed E-state index contributed by atoms with van der Waals surface area (Å²) in [5, 5.41) is 11.6. The van der Waals surface area contributed by atoms with Gasteiger partial charge in [0, 0.05) is 24.1 Å². The average molecular weight is 410 g/mol. The number of aromatic nitrogens is 1. The first-order chi connectivity index (χ1) is 14.0. The minimum absolute atomic E-state index is 0.0586. The Hall–Kier alpha value is -2.13. The van der Waals surface area contributed by atoms with E-state index in [1.54, 1.807) is 12.3 Å². The molecule has 0 spiro atoms. The molecule has 0 aliphatic heterocycles. The molecule has 1 saturated carbocycles. The summed E-state index contributed by atoms with van der Waals surface area (Å²) in [4.78, 5) is 17.7. The topological polar surface area (TPSA) is 50.2 Å². The fourth-order valence-electron chi connectivity index (χ4n) is 4.98. The SMILES string of the molecule is CCc1ccc(-c2ccc(Cl)nc2)cc1/C1=C(\O)C[C@H]2CC[C@H](CC2)[C@H](C)C1=O. The number of fused-ring (bicyclic) bond motifs is 5. The molecule has 3 aliphatic rings. The molecule has 1 N–H and O–H groups in total. The molecule has 2 aromatic rings. The second kappa shape index (κ2) is 8.31. The maximum absolute atomic E-state index is 13.6. The summed E-state index contributed by atoms with van der Waals surface area (Å²) in [6.07, 6.45) is 7.56. The number of rotatable bonds is 3. The highest BCUT2D eigenvalue weighted by Crippen LogP contribution is 2.42. The Morgan fingerprint density at radius 1 is 1.10 bits per heavy atom. The number of aliphatic hydroxyl groups is 1. The maximum atomic E-state index is 13.6. The molecule has 2 bridgehead atoms. The van der Waals surface area contributed by atoms with Gasteiger partial charge in [-0.05, 0) is 78.8 Å². The minimum atomic E-state index is -0.0586. The van der Waals surface area contributed by atoms with E-state index >= 15 is 0 Å². The number of allylic oxidation sites excluding steroid dienone is 2. The van der Waals surface area contributed by atoms with Gasteiger partial charge in [0.25, 0.3) is 0 Å². The van der Waals surface area contributed by atoms with Crippen LogP contribution >= 0.6 is 11.6 Å². The minimum Gasteiger partial charge on any atom is -0.512 e. The van der Waals surface area contributed by atoms with Crippen LogP contribution in [0.5, 0.6) is 0 Å². The van der Waals surface area contributed by atoms with Crippen LogP contribution in [0.2, 0.25) is 5.15 Å². The van der Waals surface area contributed by atoms with Gasteiger partial charge in [-0.25, -0.2) is 4.98 Å². The zero-order valence-electron chi connectivity index (χ0n) is 17.1. The highest BCUT2D eigenvalue weighted by molar-refractivity contribution is 6.29. The second-order valence-electron chi connectivity index (χ2n) is 8.55. The lowest BCUT2D eigenvalue weighted by Crippen LogP contribution is -2.25. The van der Waals surface area contributed by atoms with Crippen molar-refractivity contribution in [3.63, 3.8) is 0 Å². The van der Waals surface area contributed by atoms with E-state index in [0.717, 1.165) is 54.4 Å². The molecule has 1 heterocycles. The van der Waals surface area contributed by atoms with E-state index in [2.05, 4.69) is 24.0 Å². The van der Waals surface area contributed by atoms with Crippen molar-refractivity contribution in [1.29, 1.82) is 0 Å². The Morgan fingerprint density at radius 2 is 1.83 bits per heavy atom. The number of nitrogens with zero attached hydrogens (tertiary/aromatic N) is 1. The number of pyridine rings is 1. The van der Waals surface area contributed by atoms with E-state index in [0.29, 0.717) is 29.0 Å². The number of hydrogen-bond acceptors (Lipinski definition) is 3. The normalized spacial score (nSPS) is 27.4. The third kappa shape index (κ3) is 3.98. The molecule has 0 saturated heterocycles. The van der Waals surface area contributed by atoms with Crippen molar-refractivity contribution < 1.29 is 9.90 Å². The smallest absolute Gasteiger partial charge is 0.169 e. The average Bonchev–Trinajstić information content (AvgIpc) is 2.80. The molecule has 1 fully saturated rings. The Morgan fingerprint density at radius 3 is 2.48 bits per heavy atom. The first kappa shape index (κ1) is 20.2. The Kier molecular flexibility index (Phi) is 5.78. The monoisotopic (exact) mass is 409 g/mol. The number of Topliss-reactive ketones (excluding diaryl/α,β-unsaturated/α-hetero) is 1. The molecule has 1 aromatic carbocycles. The first-order valence-electron chi connectivity index (χ1n) is 10.7. The maximum Gasteiger partial charge on any atom is 0.169 e. The van der Waals surface area contributed by atoms with Crippen molar-refractivity contribution >= 4 is 23.0 Å². The molecule has 3 aliphatic carbocycles. The number of carbonyl (C=O) groups excluding carboxylic acids is 1. The highest BCUT2D eigenvalue weighted by atomic mass is 35.5. The molecule has 4 heteroatoms. The molecule has 3 nitrogen and oxygen atoms in total. The van der Waals surface area contributed by atoms with Gasteiger partial charge in [-0.15, -0.1) is 0 Å². The van der Waals surface area contributed by atoms with Gasteiger partial charge in [0.15, 0.2) is 5.78 Å². The van der Waals surface area contributed by atoms with Crippen molar-refractivity contribution in [1.82, 2.24) is 4.98 Å². The largest absolute Gasteiger partial charge is 0.512 e. The van der Waals surface area contributed by atoms with Crippen LogP contribution in [0.15, 0.2) is 42.3 Å². The van der Waals surface area contributed by atoms with Gasteiger partial charge in [-0.1, -0.05) is 37.6 Å². The van der Waals surface area contributed by atoms with E-state index < -0.39 is 0 Å². The first-order valence-corrected chi connectivity index (χ1v) is 11.1. The number of ketones is 1. The summed E-state index contributed by atoms with van der Waals surface area (Å²) in [6, 6.07) is 9.87. The molecular formula is C25H28ClNO2. The Bertz CT molecular complexity index is 940. The lowest BCUT2D eigenvalue weighted by atomic mass is 9.74. The van der Waals surface area contributed by atoms with Gasteiger partial charge < -0.3 is 5.11 Å². The number of benzene rings is 1. The number of halogens is 1. The number of carbonyl (C=O) groups is 1. The van der Waals surface area contributed by atoms with E-state index in [-0.39, 0.29) is 17.5 Å². The number of hydrogen-bond donors (Lipinski definition) is 1. The molecule has 0 amide bonds. The van der Waals surface area contributed by atoms with Gasteiger partial charge in [-0.2, -0.15) is 0 Å². The number of aryl methyl sites for hydroxylation is 1. The second-order valence-corrected chi connectivity index (χ2v) is 8.94. The quantitative estimate of drug-likeness (QED) is 0.577. The molecule has 0 unspecified atom stereocenters. The van der Waals surface area contributed by atoms with Crippen molar-refractivity contribution in [2.45, 2.75) is 52.4 Å². The third-order valence-corrected chi connectivity index (χ3v) is 7.07. The van der Waals surface area contributed by atoms with Crippen LogP contribution in [0, 0.1) is 17.8 Å². The van der Waals surface area contributed by atoms with E-state index in [4.69, 9.17) is 11.6 Å². The standard InChI is InChI=1S/C25H28ClNO2/c1-3-17-8-9-19(20-10-11-23(26)27-14-20)13-21(17)24-22(28)12-16-4-6-18(7-5-16)15(2)25(24)29/h8-11,13-16,18,28H,3-7,12H2,1-2H3/b24-22+/t15-,16-,18+/m0/s1. The summed E-state index contributed by atoms with van der Waals surface area (Å²) in [6.45, 7) is 4.14. The summed E-state index contributed by atoms with van der Waals surface area (Å²) >= 11 is 5.94. The van der Waals surface area contributed by atoms with Gasteiger partial charge in [-0.3, -0.25) is 4.79 Å². The van der Waals surface area contributed by atoms with Crippen molar-refractivity contribution in [2.24, 2.45) is 17.8 Å². The van der Waals surface area contributed by atoms with Crippen LogP contribution in [0.1, 0.15) is 57.1 Å². The summed E-state index contributed by atoms with van der Waals surface area (Å²) < 4.78 is 0. The van der Waals surface area contributed by atoms with Crippen LogP contribution in [-0.4, -0.2) is 15.9 Å². The van der Waals surface area contributed by atoms with Crippen LogP contribution < -0.4 is 0 Å². The highest BCUT2D eigenvalue weighted by Gasteiger charge is 2.35. The van der Waals surface area contributed by atoms with E-state index in [9.17, 15) is 9.90 Å². The third-order valence-electron chi connectivity index (χ3n) is 6.85. The predicted octanol–water partition coefficient (Wildman–Crippen LogP) is 6.65. The predicted molar refractivity (Wildman–Crippen MR) is 118 cm³/mol. The lowest BCUT2D eigenvalue weighted by molar-refractivity contribution is -0.118. The van der Waals surface area contributed by atoms with E-state index in [1.165, 1.54) is 0 Å². The van der Waals surface area contributed by atoms with Gasteiger partial charge in [0.1, 0.15) is 10.9 Å². The fourth-order valence-corrected chi connectivity index (χ4v) is 5.10. The van der Waals surface area contributed by atoms with Crippen LogP contribution in [0.3, 0.4) is 0 Å². The van der Waals surface area contributed by atoms with Crippen LogP contribution in [-0.2, 0) is 11.2 Å². The molecule has 152 valence electrons. The van der Waals surface area contributed by atoms with Crippen molar-refractivity contribution in [2.75, 3.05) is 0 Å². The molecule has 1 atom stereocenters. The zero-order chi connectivity index (χ0) is 20.5.